The maximum Gasteiger partial charge on any atom is 0.490 e. The number of nitrogens with one attached hydrogen (secondary N) is 4. The molecule has 68 heavy (non-hydrogen) atoms. The molecule has 4 aromatic rings. The first-order chi connectivity index (χ1) is 32.6. The number of piperidine rings is 1. The van der Waals surface area contributed by atoms with Crippen molar-refractivity contribution in [3.05, 3.63) is 113 Å². The van der Waals surface area contributed by atoms with Gasteiger partial charge in [-0.25, -0.2) is 14.6 Å². The Hall–Kier alpha value is -8.02. The molecule has 2 saturated heterocycles. The van der Waals surface area contributed by atoms with Crippen LogP contribution in [0.2, 0.25) is 0 Å². The van der Waals surface area contributed by atoms with Crippen LogP contribution in [-0.4, -0.2) is 118 Å². The summed E-state index contributed by atoms with van der Waals surface area (Å²) in [4.78, 5) is 97.5. The summed E-state index contributed by atoms with van der Waals surface area (Å²) >= 11 is 0. The van der Waals surface area contributed by atoms with Crippen molar-refractivity contribution >= 4 is 64.4 Å². The third-order valence-electron chi connectivity index (χ3n) is 12.1. The first kappa shape index (κ1) is 47.9. The lowest BCUT2D eigenvalue weighted by Crippen LogP contribution is -2.54. The molecule has 4 heterocycles. The fourth-order valence-corrected chi connectivity index (χ4v) is 8.49. The summed E-state index contributed by atoms with van der Waals surface area (Å²) in [5.74, 6) is -4.44. The highest BCUT2D eigenvalue weighted by atomic mass is 19.4. The number of hydrogen-bond donors (Lipinski definition) is 5. The predicted molar refractivity (Wildman–Crippen MR) is 240 cm³/mol. The van der Waals surface area contributed by atoms with Crippen molar-refractivity contribution in [2.45, 2.75) is 69.4 Å². The van der Waals surface area contributed by atoms with E-state index in [1.807, 2.05) is 65.6 Å². The van der Waals surface area contributed by atoms with E-state index in [9.17, 15) is 41.9 Å². The van der Waals surface area contributed by atoms with E-state index in [2.05, 4.69) is 37.2 Å². The Morgan fingerprint density at radius 3 is 2.15 bits per heavy atom. The van der Waals surface area contributed by atoms with Crippen LogP contribution in [0, 0.1) is 11.3 Å². The summed E-state index contributed by atoms with van der Waals surface area (Å²) in [6.45, 7) is 2.63. The summed E-state index contributed by atoms with van der Waals surface area (Å²) in [5, 5.41) is 28.1. The monoisotopic (exact) mass is 936 g/mol. The van der Waals surface area contributed by atoms with Gasteiger partial charge in [-0.2, -0.15) is 18.4 Å². The zero-order valence-corrected chi connectivity index (χ0v) is 36.5. The number of fused-ring (bicyclic) bond motifs is 1. The number of anilines is 4. The van der Waals surface area contributed by atoms with Crippen LogP contribution in [-0.2, 0) is 25.7 Å². The van der Waals surface area contributed by atoms with Crippen molar-refractivity contribution in [2.75, 3.05) is 53.2 Å². The van der Waals surface area contributed by atoms with Gasteiger partial charge in [0.15, 0.2) is 0 Å². The Kier molecular flexibility index (Phi) is 14.9. The molecule has 18 nitrogen and oxygen atoms in total. The number of nitriles is 1. The molecule has 0 spiro atoms. The number of carboxylic acids is 1. The van der Waals surface area contributed by atoms with Gasteiger partial charge in [0.1, 0.15) is 17.9 Å². The zero-order chi connectivity index (χ0) is 48.5. The van der Waals surface area contributed by atoms with Crippen LogP contribution in [0.4, 0.5) is 40.8 Å². The van der Waals surface area contributed by atoms with Gasteiger partial charge in [-0.05, 0) is 92.3 Å². The third-order valence-corrected chi connectivity index (χ3v) is 12.1. The fraction of sp³-hybridized carbons (Fsp3) is 0.340. The number of imide groups is 2. The molecule has 1 aromatic heterocycles. The molecular weight excluding hydrogens is 890 g/mol. The highest BCUT2D eigenvalue weighted by Crippen LogP contribution is 2.32. The van der Waals surface area contributed by atoms with Crippen LogP contribution in [0.25, 0.3) is 0 Å². The molecule has 21 heteroatoms. The Labute approximate surface area is 388 Å². The fourth-order valence-electron chi connectivity index (χ4n) is 8.49. The SMILES string of the molecule is N#Cc1ccc(NC2CCC(N(C(=O)NCc3ccccc3)c3ccc(N4CCN(C(=O)CNc5ccc6c(c5)C(=O)N(C5CCC(=O)NC5=O)C6=O)CC4)cc3)CC2)nc1.O=C(O)C(F)(F)F. The summed E-state index contributed by atoms with van der Waals surface area (Å²) in [6.07, 6.45) is -0.111. The topological polar surface area (TPSA) is 237 Å². The number of urea groups is 1. The van der Waals surface area contributed by atoms with E-state index in [0.717, 1.165) is 53.3 Å². The van der Waals surface area contributed by atoms with E-state index in [0.29, 0.717) is 44.0 Å². The summed E-state index contributed by atoms with van der Waals surface area (Å²) < 4.78 is 31.7. The first-order valence-corrected chi connectivity index (χ1v) is 21.9. The van der Waals surface area contributed by atoms with Crippen molar-refractivity contribution in [2.24, 2.45) is 0 Å². The highest BCUT2D eigenvalue weighted by Gasteiger charge is 2.45. The number of carboxylic acid groups (broad SMARTS) is 1. The molecule has 1 saturated carbocycles. The highest BCUT2D eigenvalue weighted by molar-refractivity contribution is 6.23. The molecule has 8 rings (SSSR count). The van der Waals surface area contributed by atoms with Gasteiger partial charge in [-0.15, -0.1) is 0 Å². The number of pyridine rings is 1. The molecule has 1 atom stereocenters. The van der Waals surface area contributed by atoms with E-state index in [1.165, 1.54) is 12.1 Å². The molecular formula is C47H47F3N10O8. The smallest absolute Gasteiger partial charge is 0.475 e. The first-order valence-electron chi connectivity index (χ1n) is 21.9. The number of alkyl halides is 3. The number of carbonyl (C=O) groups is 7. The van der Waals surface area contributed by atoms with E-state index in [1.54, 1.807) is 23.2 Å². The van der Waals surface area contributed by atoms with E-state index >= 15 is 0 Å². The number of hydrogen-bond acceptors (Lipinski definition) is 12. The molecule has 1 unspecified atom stereocenters. The minimum Gasteiger partial charge on any atom is -0.475 e. The third kappa shape index (κ3) is 11.5. The number of nitrogens with zero attached hydrogens (tertiary/aromatic N) is 6. The molecule has 0 radical (unpaired) electrons. The summed E-state index contributed by atoms with van der Waals surface area (Å²) in [6, 6.07) is 27.2. The summed E-state index contributed by atoms with van der Waals surface area (Å²) in [5.41, 5.74) is 4.12. The molecule has 4 aliphatic rings. The average Bonchev–Trinajstić information content (AvgIpc) is 3.58. The number of rotatable bonds is 11. The number of amides is 7. The Balaban J connectivity index is 0.000000908. The van der Waals surface area contributed by atoms with Gasteiger partial charge in [0.05, 0.1) is 23.2 Å². The maximum atomic E-state index is 13.9. The Morgan fingerprint density at radius 2 is 1.53 bits per heavy atom. The van der Waals surface area contributed by atoms with Crippen molar-refractivity contribution < 1.29 is 51.8 Å². The molecule has 1 aliphatic carbocycles. The van der Waals surface area contributed by atoms with Gasteiger partial charge in [0.2, 0.25) is 17.7 Å². The number of benzene rings is 3. The van der Waals surface area contributed by atoms with Crippen molar-refractivity contribution in [1.29, 1.82) is 5.26 Å². The second kappa shape index (κ2) is 21.1. The van der Waals surface area contributed by atoms with Crippen LogP contribution in [0.3, 0.4) is 0 Å². The molecule has 0 bridgehead atoms. The van der Waals surface area contributed by atoms with Crippen LogP contribution in [0.15, 0.2) is 91.1 Å². The molecule has 7 amide bonds. The van der Waals surface area contributed by atoms with Gasteiger partial charge >= 0.3 is 18.2 Å². The van der Waals surface area contributed by atoms with Gasteiger partial charge < -0.3 is 30.9 Å². The van der Waals surface area contributed by atoms with Gasteiger partial charge in [-0.1, -0.05) is 30.3 Å². The summed E-state index contributed by atoms with van der Waals surface area (Å²) in [7, 11) is 0. The van der Waals surface area contributed by atoms with Gasteiger partial charge in [0.25, 0.3) is 11.8 Å². The average molecular weight is 937 g/mol. The molecule has 5 N–H and O–H groups in total. The Bertz CT molecular complexity index is 2580. The minimum atomic E-state index is -5.08. The lowest BCUT2D eigenvalue weighted by atomic mass is 9.90. The van der Waals surface area contributed by atoms with E-state index in [-0.39, 0.29) is 54.5 Å². The molecule has 3 fully saturated rings. The number of carbonyl (C=O) groups excluding carboxylic acids is 6. The second-order valence-corrected chi connectivity index (χ2v) is 16.5. The van der Waals surface area contributed by atoms with Gasteiger partial charge in [-0.3, -0.25) is 39.1 Å². The van der Waals surface area contributed by atoms with Crippen LogP contribution in [0.5, 0.6) is 0 Å². The molecule has 3 aromatic carbocycles. The van der Waals surface area contributed by atoms with E-state index < -0.39 is 41.8 Å². The zero-order valence-electron chi connectivity index (χ0n) is 36.5. The van der Waals surface area contributed by atoms with Crippen molar-refractivity contribution in [3.63, 3.8) is 0 Å². The van der Waals surface area contributed by atoms with Crippen molar-refractivity contribution in [3.8, 4) is 6.07 Å². The van der Waals surface area contributed by atoms with Crippen molar-refractivity contribution in [1.82, 2.24) is 25.4 Å². The van der Waals surface area contributed by atoms with Crippen LogP contribution in [0.1, 0.15) is 70.4 Å². The quantitative estimate of drug-likeness (QED) is 0.126. The second-order valence-electron chi connectivity index (χ2n) is 16.5. The van der Waals surface area contributed by atoms with E-state index in [4.69, 9.17) is 15.2 Å². The van der Waals surface area contributed by atoms with Crippen LogP contribution >= 0.6 is 0 Å². The lowest BCUT2D eigenvalue weighted by Gasteiger charge is -2.38. The predicted octanol–water partition coefficient (Wildman–Crippen LogP) is 4.89. The number of halogens is 3. The number of piperazine rings is 1. The molecule has 3 aliphatic heterocycles. The lowest BCUT2D eigenvalue weighted by molar-refractivity contribution is -0.192. The standard InChI is InChI=1S/C45H46N10O6.C2HF3O2/c46-25-30-6-18-39(48-27-30)50-31-7-10-34(11-8-31)54(45(61)49-26-29-4-2-1-3-5-29)35-14-12-33(13-15-35)52-20-22-53(23-21-52)41(57)28-47-32-9-16-36-37(24-32)44(60)55(43(36)59)38-17-19-40(56)51-42(38)58;3-2(4,5)1(6)7/h1-6,9,12-16,18,24,27,31,34,38,47H,7-8,10-11,17,19-23,26,28H2,(H,48,50)(H,49,61)(H,51,56,58);(H,6,7). The van der Waals surface area contributed by atoms with Gasteiger partial charge in [0, 0.05) is 74.5 Å². The number of aliphatic carboxylic acids is 1. The normalized spacial score (nSPS) is 19.1. The molecule has 354 valence electrons. The minimum absolute atomic E-state index is 0.0101. The largest absolute Gasteiger partial charge is 0.490 e. The maximum absolute atomic E-state index is 13.9. The Morgan fingerprint density at radius 1 is 0.853 bits per heavy atom. The number of aromatic nitrogens is 1. The van der Waals surface area contributed by atoms with Crippen LogP contribution < -0.4 is 31.1 Å².